The van der Waals surface area contributed by atoms with Crippen LogP contribution in [0.25, 0.3) is 0 Å². The Morgan fingerprint density at radius 1 is 1.25 bits per heavy atom. The van der Waals surface area contributed by atoms with Crippen molar-refractivity contribution in [2.24, 2.45) is 0 Å². The summed E-state index contributed by atoms with van der Waals surface area (Å²) < 4.78 is 5.70. The number of rotatable bonds is 9. The van der Waals surface area contributed by atoms with Gasteiger partial charge < -0.3 is 25.2 Å². The third-order valence-corrected chi connectivity index (χ3v) is 6.35. The van der Waals surface area contributed by atoms with Crippen LogP contribution >= 0.6 is 0 Å². The van der Waals surface area contributed by atoms with Gasteiger partial charge in [-0.3, -0.25) is 4.79 Å². The molecule has 1 fully saturated rings. The molecule has 0 aromatic carbocycles. The first kappa shape index (κ1) is 22.3. The molecule has 9 heteroatoms. The number of ether oxygens (including phenoxy) is 1. The van der Waals surface area contributed by atoms with Crippen LogP contribution in [0.1, 0.15) is 38.7 Å². The number of pyridine rings is 1. The zero-order chi connectivity index (χ0) is 22.7. The number of likely N-dealkylation sites (N-methyl/N-ethyl adjacent to an activating group) is 1. The maximum absolute atomic E-state index is 12.9. The van der Waals surface area contributed by atoms with E-state index in [2.05, 4.69) is 44.2 Å². The Labute approximate surface area is 189 Å². The maximum atomic E-state index is 12.9. The predicted molar refractivity (Wildman–Crippen MR) is 125 cm³/mol. The summed E-state index contributed by atoms with van der Waals surface area (Å²) in [7, 11) is 4.02. The summed E-state index contributed by atoms with van der Waals surface area (Å²) in [5.41, 5.74) is 0.480. The highest BCUT2D eigenvalue weighted by molar-refractivity contribution is 5.94. The minimum Gasteiger partial charge on any atom is -0.491 e. The summed E-state index contributed by atoms with van der Waals surface area (Å²) in [5, 5.41) is 6.23. The third kappa shape index (κ3) is 4.21. The first-order valence-electron chi connectivity index (χ1n) is 11.4. The van der Waals surface area contributed by atoms with Gasteiger partial charge in [-0.05, 0) is 45.5 Å². The fraction of sp³-hybridized carbons (Fsp3) is 0.565. The van der Waals surface area contributed by atoms with Crippen LogP contribution in [0.4, 0.5) is 17.6 Å². The van der Waals surface area contributed by atoms with Crippen LogP contribution in [0.3, 0.4) is 0 Å². The van der Waals surface area contributed by atoms with E-state index in [1.54, 1.807) is 6.20 Å². The van der Waals surface area contributed by atoms with Crippen molar-refractivity contribution in [2.75, 3.05) is 44.0 Å². The summed E-state index contributed by atoms with van der Waals surface area (Å²) in [6.45, 7) is 6.49. The fourth-order valence-corrected chi connectivity index (χ4v) is 4.63. The van der Waals surface area contributed by atoms with Crippen LogP contribution in [-0.4, -0.2) is 71.1 Å². The number of carbonyl (C=O) groups excluding carboxylic acids is 1. The topological polar surface area (TPSA) is 95.5 Å². The van der Waals surface area contributed by atoms with E-state index in [1.807, 2.05) is 32.4 Å². The summed E-state index contributed by atoms with van der Waals surface area (Å²) in [6, 6.07) is 3.98. The Morgan fingerprint density at radius 2 is 2.06 bits per heavy atom. The van der Waals surface area contributed by atoms with Gasteiger partial charge in [-0.1, -0.05) is 13.8 Å². The maximum Gasteiger partial charge on any atom is 0.246 e. The Bertz CT molecular complexity index is 946. The van der Waals surface area contributed by atoms with Crippen molar-refractivity contribution in [1.82, 2.24) is 25.2 Å². The number of anilines is 3. The van der Waals surface area contributed by atoms with Crippen LogP contribution in [0.15, 0.2) is 24.5 Å². The molecule has 2 N–H and O–H groups in total. The standard InChI is InChI=1S/C23H33N7O2/c1-5-17(6-2)30-20-16(13-23(30)9-10-24-21(23)31)14-26-22(28-20)27-19-8-7-18(15-25-19)32-12-11-29(3)4/h7-8,14-15,17H,5-6,9-13H2,1-4H3,(H,24,31)(H,25,26,27,28). The van der Waals surface area contributed by atoms with Gasteiger partial charge in [-0.15, -0.1) is 0 Å². The van der Waals surface area contributed by atoms with Gasteiger partial charge in [0.25, 0.3) is 0 Å². The second kappa shape index (κ2) is 9.28. The molecule has 1 unspecified atom stereocenters. The van der Waals surface area contributed by atoms with E-state index < -0.39 is 5.54 Å². The van der Waals surface area contributed by atoms with Crippen molar-refractivity contribution in [3.8, 4) is 5.75 Å². The SMILES string of the molecule is CCC(CC)N1c2nc(Nc3ccc(OCCN(C)C)cn3)ncc2CC12CCNC2=O. The quantitative estimate of drug-likeness (QED) is 0.615. The van der Waals surface area contributed by atoms with Gasteiger partial charge in [0.15, 0.2) is 0 Å². The van der Waals surface area contributed by atoms with Crippen LogP contribution in [0.2, 0.25) is 0 Å². The molecule has 1 atom stereocenters. The summed E-state index contributed by atoms with van der Waals surface area (Å²) in [6.07, 6.45) is 6.89. The lowest BCUT2D eigenvalue weighted by Gasteiger charge is -2.39. The molecule has 2 aromatic rings. The second-order valence-electron chi connectivity index (χ2n) is 8.75. The minimum atomic E-state index is -0.546. The van der Waals surface area contributed by atoms with Crippen molar-refractivity contribution in [1.29, 1.82) is 0 Å². The van der Waals surface area contributed by atoms with Crippen molar-refractivity contribution >= 4 is 23.5 Å². The highest BCUT2D eigenvalue weighted by Crippen LogP contribution is 2.44. The monoisotopic (exact) mass is 439 g/mol. The Balaban J connectivity index is 1.53. The number of hydrogen-bond donors (Lipinski definition) is 2. The molecule has 1 spiro atoms. The molecule has 4 heterocycles. The molecule has 0 bridgehead atoms. The summed E-state index contributed by atoms with van der Waals surface area (Å²) in [4.78, 5) is 31.0. The fourth-order valence-electron chi connectivity index (χ4n) is 4.63. The molecule has 32 heavy (non-hydrogen) atoms. The Morgan fingerprint density at radius 3 is 2.69 bits per heavy atom. The van der Waals surface area contributed by atoms with E-state index in [4.69, 9.17) is 9.72 Å². The van der Waals surface area contributed by atoms with Crippen molar-refractivity contribution in [2.45, 2.75) is 51.1 Å². The molecule has 172 valence electrons. The largest absolute Gasteiger partial charge is 0.491 e. The molecule has 0 saturated carbocycles. The molecule has 4 rings (SSSR count). The highest BCUT2D eigenvalue weighted by Gasteiger charge is 2.54. The number of carbonyl (C=O) groups is 1. The number of aromatic nitrogens is 3. The Hall–Kier alpha value is -2.94. The lowest BCUT2D eigenvalue weighted by molar-refractivity contribution is -0.123. The van der Waals surface area contributed by atoms with E-state index in [9.17, 15) is 4.79 Å². The molecular weight excluding hydrogens is 406 g/mol. The Kier molecular flexibility index (Phi) is 6.45. The lowest BCUT2D eigenvalue weighted by Crippen LogP contribution is -2.56. The van der Waals surface area contributed by atoms with Crippen LogP contribution in [0, 0.1) is 0 Å². The lowest BCUT2D eigenvalue weighted by atomic mass is 9.90. The second-order valence-corrected chi connectivity index (χ2v) is 8.75. The summed E-state index contributed by atoms with van der Waals surface area (Å²) in [5.74, 6) is 2.80. The zero-order valence-corrected chi connectivity index (χ0v) is 19.4. The number of nitrogens with zero attached hydrogens (tertiary/aromatic N) is 5. The molecule has 2 aromatic heterocycles. The number of fused-ring (bicyclic) bond motifs is 1. The van der Waals surface area contributed by atoms with Gasteiger partial charge >= 0.3 is 0 Å². The van der Waals surface area contributed by atoms with Crippen LogP contribution in [0.5, 0.6) is 5.75 Å². The third-order valence-electron chi connectivity index (χ3n) is 6.35. The molecule has 2 aliphatic rings. The molecular formula is C23H33N7O2. The zero-order valence-electron chi connectivity index (χ0n) is 19.4. The normalized spacial score (nSPS) is 19.7. The minimum absolute atomic E-state index is 0.100. The number of nitrogens with one attached hydrogen (secondary N) is 2. The molecule has 1 saturated heterocycles. The average Bonchev–Trinajstić information content (AvgIpc) is 3.30. The molecule has 9 nitrogen and oxygen atoms in total. The van der Waals surface area contributed by atoms with Gasteiger partial charge in [-0.2, -0.15) is 4.98 Å². The van der Waals surface area contributed by atoms with E-state index in [0.717, 1.165) is 42.9 Å². The average molecular weight is 440 g/mol. The first-order chi connectivity index (χ1) is 15.5. The van der Waals surface area contributed by atoms with Crippen LogP contribution < -0.4 is 20.3 Å². The molecule has 1 amide bonds. The van der Waals surface area contributed by atoms with Gasteiger partial charge in [0.05, 0.1) is 6.20 Å². The van der Waals surface area contributed by atoms with Gasteiger partial charge in [0.1, 0.15) is 29.5 Å². The van der Waals surface area contributed by atoms with Crippen LogP contribution in [-0.2, 0) is 11.2 Å². The number of hydrogen-bond acceptors (Lipinski definition) is 8. The van der Waals surface area contributed by atoms with E-state index >= 15 is 0 Å². The molecule has 0 radical (unpaired) electrons. The van der Waals surface area contributed by atoms with Crippen molar-refractivity contribution < 1.29 is 9.53 Å². The molecule has 0 aliphatic carbocycles. The van der Waals surface area contributed by atoms with E-state index in [1.165, 1.54) is 0 Å². The van der Waals surface area contributed by atoms with E-state index in [0.29, 0.717) is 31.3 Å². The number of amides is 1. The molecule has 2 aliphatic heterocycles. The van der Waals surface area contributed by atoms with Gasteiger partial charge in [-0.25, -0.2) is 9.97 Å². The smallest absolute Gasteiger partial charge is 0.246 e. The first-order valence-corrected chi connectivity index (χ1v) is 11.4. The van der Waals surface area contributed by atoms with Crippen molar-refractivity contribution in [3.63, 3.8) is 0 Å². The van der Waals surface area contributed by atoms with Gasteiger partial charge in [0.2, 0.25) is 11.9 Å². The summed E-state index contributed by atoms with van der Waals surface area (Å²) >= 11 is 0. The van der Waals surface area contributed by atoms with E-state index in [-0.39, 0.29) is 11.9 Å². The predicted octanol–water partition coefficient (Wildman–Crippen LogP) is 2.37. The van der Waals surface area contributed by atoms with Crippen molar-refractivity contribution in [3.05, 3.63) is 30.1 Å². The van der Waals surface area contributed by atoms with Gasteiger partial charge in [0, 0.05) is 37.3 Å². The highest BCUT2D eigenvalue weighted by atomic mass is 16.5.